The van der Waals surface area contributed by atoms with Gasteiger partial charge in [0.25, 0.3) is 0 Å². The average Bonchev–Trinajstić information content (AvgIpc) is 3.38. The summed E-state index contributed by atoms with van der Waals surface area (Å²) in [5.74, 6) is 0.982. The molecule has 35 heavy (non-hydrogen) atoms. The Balaban J connectivity index is 1.25. The summed E-state index contributed by atoms with van der Waals surface area (Å²) in [7, 11) is 0. The monoisotopic (exact) mass is 483 g/mol. The van der Waals surface area contributed by atoms with Crippen LogP contribution in [0.1, 0.15) is 76.2 Å². The number of nitrogens with two attached hydrogens (primary N) is 1. The Bertz CT molecular complexity index is 795. The van der Waals surface area contributed by atoms with Crippen LogP contribution in [0.5, 0.6) is 0 Å². The van der Waals surface area contributed by atoms with E-state index in [2.05, 4.69) is 22.3 Å². The highest BCUT2D eigenvalue weighted by atomic mass is 16.5. The molecule has 1 atom stereocenters. The highest BCUT2D eigenvalue weighted by Gasteiger charge is 2.47. The van der Waals surface area contributed by atoms with E-state index >= 15 is 0 Å². The number of hydrogen-bond donors (Lipinski definition) is 2. The van der Waals surface area contributed by atoms with E-state index in [0.717, 1.165) is 57.2 Å². The second-order valence-corrected chi connectivity index (χ2v) is 11.2. The number of nitrogens with zero attached hydrogens (tertiary/aromatic N) is 1. The fourth-order valence-corrected chi connectivity index (χ4v) is 6.42. The molecule has 0 aromatic heterocycles. The van der Waals surface area contributed by atoms with Gasteiger partial charge in [-0.15, -0.1) is 0 Å². The third-order valence-electron chi connectivity index (χ3n) is 8.75. The van der Waals surface area contributed by atoms with Gasteiger partial charge in [-0.25, -0.2) is 0 Å². The molecule has 1 aromatic rings. The Hall–Kier alpha value is -1.92. The van der Waals surface area contributed by atoms with E-state index in [0.29, 0.717) is 12.8 Å². The first-order valence-corrected chi connectivity index (χ1v) is 14.0. The van der Waals surface area contributed by atoms with Crippen molar-refractivity contribution >= 4 is 11.8 Å². The number of hydrogen-bond acceptors (Lipinski definition) is 4. The molecule has 1 aliphatic carbocycles. The smallest absolute Gasteiger partial charge is 0.235 e. The maximum Gasteiger partial charge on any atom is 0.235 e. The molecule has 0 radical (unpaired) electrons. The van der Waals surface area contributed by atoms with Crippen molar-refractivity contribution in [2.45, 2.75) is 83.1 Å². The number of rotatable bonds is 11. The van der Waals surface area contributed by atoms with Crippen LogP contribution in [0.3, 0.4) is 0 Å². The lowest BCUT2D eigenvalue weighted by atomic mass is 9.83. The van der Waals surface area contributed by atoms with Crippen molar-refractivity contribution in [3.8, 4) is 0 Å². The van der Waals surface area contributed by atoms with Crippen molar-refractivity contribution in [2.75, 3.05) is 32.8 Å². The average molecular weight is 484 g/mol. The molecule has 2 heterocycles. The second-order valence-electron chi connectivity index (χ2n) is 11.2. The maximum atomic E-state index is 13.2. The summed E-state index contributed by atoms with van der Waals surface area (Å²) in [5, 5.41) is 3.26. The standard InChI is InChI=1S/C29H45N3O3/c30-27(33)29(15-4-5-16-29)28(34)31-26(21-24-7-2-1-3-8-24)10-6-9-23-11-17-32(18-12-23)22-25-13-19-35-20-14-25/h1-3,7-8,23,25-26H,4-6,9-22H2,(H2,30,33)(H,31,34). The third kappa shape index (κ3) is 7.29. The summed E-state index contributed by atoms with van der Waals surface area (Å²) in [6.07, 6.45) is 12.0. The fraction of sp³-hybridized carbons (Fsp3) is 0.724. The van der Waals surface area contributed by atoms with E-state index in [1.165, 1.54) is 57.3 Å². The summed E-state index contributed by atoms with van der Waals surface area (Å²) in [6.45, 7) is 5.54. The Morgan fingerprint density at radius 1 is 1.03 bits per heavy atom. The number of carbonyl (C=O) groups excluding carboxylic acids is 2. The molecule has 1 unspecified atom stereocenters. The topological polar surface area (TPSA) is 84.7 Å². The number of carbonyl (C=O) groups is 2. The number of piperidine rings is 1. The van der Waals surface area contributed by atoms with Crippen molar-refractivity contribution in [3.63, 3.8) is 0 Å². The maximum absolute atomic E-state index is 13.2. The zero-order valence-corrected chi connectivity index (χ0v) is 21.4. The summed E-state index contributed by atoms with van der Waals surface area (Å²) in [4.78, 5) is 28.1. The zero-order valence-electron chi connectivity index (χ0n) is 21.4. The Labute approximate surface area is 211 Å². The van der Waals surface area contributed by atoms with E-state index in [-0.39, 0.29) is 11.9 Å². The van der Waals surface area contributed by atoms with E-state index < -0.39 is 11.3 Å². The van der Waals surface area contributed by atoms with Crippen LogP contribution >= 0.6 is 0 Å². The van der Waals surface area contributed by atoms with Gasteiger partial charge in [-0.05, 0) is 81.9 Å². The van der Waals surface area contributed by atoms with Crippen LogP contribution in [-0.2, 0) is 20.7 Å². The third-order valence-corrected chi connectivity index (χ3v) is 8.75. The summed E-state index contributed by atoms with van der Waals surface area (Å²) in [6, 6.07) is 10.4. The molecular weight excluding hydrogens is 438 g/mol. The van der Waals surface area contributed by atoms with Crippen molar-refractivity contribution in [1.29, 1.82) is 0 Å². The van der Waals surface area contributed by atoms with Crippen molar-refractivity contribution < 1.29 is 14.3 Å². The lowest BCUT2D eigenvalue weighted by molar-refractivity contribution is -0.141. The van der Waals surface area contributed by atoms with Crippen LogP contribution in [0.4, 0.5) is 0 Å². The first-order chi connectivity index (χ1) is 17.0. The lowest BCUT2D eigenvalue weighted by Crippen LogP contribution is -2.51. The largest absolute Gasteiger partial charge is 0.381 e. The van der Waals surface area contributed by atoms with E-state index in [9.17, 15) is 9.59 Å². The zero-order chi connectivity index (χ0) is 24.5. The highest BCUT2D eigenvalue weighted by Crippen LogP contribution is 2.38. The quantitative estimate of drug-likeness (QED) is 0.465. The summed E-state index contributed by atoms with van der Waals surface area (Å²) >= 11 is 0. The van der Waals surface area contributed by atoms with Crippen molar-refractivity contribution in [3.05, 3.63) is 35.9 Å². The van der Waals surface area contributed by atoms with Gasteiger partial charge in [0.05, 0.1) is 0 Å². The number of likely N-dealkylation sites (tertiary alicyclic amines) is 1. The predicted molar refractivity (Wildman–Crippen MR) is 139 cm³/mol. The number of primary amides is 1. The van der Waals surface area contributed by atoms with E-state index in [4.69, 9.17) is 10.5 Å². The molecule has 3 aliphatic rings. The number of amides is 2. The molecule has 1 saturated carbocycles. The van der Waals surface area contributed by atoms with Gasteiger partial charge in [-0.3, -0.25) is 9.59 Å². The van der Waals surface area contributed by atoms with Crippen molar-refractivity contribution in [2.24, 2.45) is 23.0 Å². The normalized spacial score (nSPS) is 22.6. The van der Waals surface area contributed by atoms with Gasteiger partial charge in [0.2, 0.25) is 11.8 Å². The highest BCUT2D eigenvalue weighted by molar-refractivity contribution is 6.04. The second kappa shape index (κ2) is 12.9. The lowest BCUT2D eigenvalue weighted by Gasteiger charge is -2.35. The van der Waals surface area contributed by atoms with Crippen LogP contribution in [0, 0.1) is 17.3 Å². The Kier molecular flexibility index (Phi) is 9.61. The Morgan fingerprint density at radius 2 is 1.71 bits per heavy atom. The van der Waals surface area contributed by atoms with Crippen LogP contribution in [0.2, 0.25) is 0 Å². The van der Waals surface area contributed by atoms with Gasteiger partial charge >= 0.3 is 0 Å². The molecule has 3 fully saturated rings. The molecule has 6 nitrogen and oxygen atoms in total. The summed E-state index contributed by atoms with van der Waals surface area (Å²) in [5.41, 5.74) is 5.93. The number of benzene rings is 1. The van der Waals surface area contributed by atoms with Gasteiger partial charge in [0.1, 0.15) is 5.41 Å². The van der Waals surface area contributed by atoms with Crippen LogP contribution in [-0.4, -0.2) is 55.6 Å². The van der Waals surface area contributed by atoms with Gasteiger partial charge in [0.15, 0.2) is 0 Å². The number of ether oxygens (including phenoxy) is 1. The molecular formula is C29H45N3O3. The fourth-order valence-electron chi connectivity index (χ4n) is 6.42. The van der Waals surface area contributed by atoms with Gasteiger partial charge in [-0.2, -0.15) is 0 Å². The first-order valence-electron chi connectivity index (χ1n) is 14.0. The molecule has 194 valence electrons. The van der Waals surface area contributed by atoms with Crippen molar-refractivity contribution in [1.82, 2.24) is 10.2 Å². The van der Waals surface area contributed by atoms with Gasteiger partial charge in [-0.1, -0.05) is 56.0 Å². The molecule has 6 heteroatoms. The van der Waals surface area contributed by atoms with Gasteiger partial charge in [0, 0.05) is 25.8 Å². The molecule has 1 aromatic carbocycles. The van der Waals surface area contributed by atoms with Crippen LogP contribution in [0.15, 0.2) is 30.3 Å². The minimum absolute atomic E-state index is 0.0373. The predicted octanol–water partition coefficient (Wildman–Crippen LogP) is 4.07. The minimum atomic E-state index is -1.01. The van der Waals surface area contributed by atoms with Crippen LogP contribution in [0.25, 0.3) is 0 Å². The molecule has 2 aliphatic heterocycles. The minimum Gasteiger partial charge on any atom is -0.381 e. The van der Waals surface area contributed by atoms with E-state index in [1.54, 1.807) is 0 Å². The molecule has 4 rings (SSSR count). The molecule has 0 bridgehead atoms. The first kappa shape index (κ1) is 26.2. The molecule has 2 amide bonds. The number of nitrogens with one attached hydrogen (secondary N) is 1. The molecule has 3 N–H and O–H groups in total. The van der Waals surface area contributed by atoms with E-state index in [1.807, 2.05) is 18.2 Å². The van der Waals surface area contributed by atoms with Gasteiger partial charge < -0.3 is 20.7 Å². The van der Waals surface area contributed by atoms with Crippen LogP contribution < -0.4 is 11.1 Å². The Morgan fingerprint density at radius 3 is 2.37 bits per heavy atom. The molecule has 2 saturated heterocycles. The summed E-state index contributed by atoms with van der Waals surface area (Å²) < 4.78 is 5.51. The molecule has 0 spiro atoms. The SMILES string of the molecule is NC(=O)C1(C(=O)NC(CCCC2CCN(CC3CCOCC3)CC2)Cc2ccccc2)CCCC1.